The molecule has 2 heterocycles. The van der Waals surface area contributed by atoms with Gasteiger partial charge in [0.25, 0.3) is 0 Å². The van der Waals surface area contributed by atoms with Crippen molar-refractivity contribution in [2.75, 3.05) is 0 Å². The SMILES string of the molecule is C1=C(c2ccc3ccccc3c2)C=C(c2ccc(-c3cccc(-c4nc(-c5ccccc5)nc(-c5ccccc5)n4)c3)c3ccccc23)C2c3ccccc3OC12. The molecule has 2 aliphatic rings. The summed E-state index contributed by atoms with van der Waals surface area (Å²) < 4.78 is 6.70. The Bertz CT molecular complexity index is 3000. The van der Waals surface area contributed by atoms with Crippen molar-refractivity contribution in [3.63, 3.8) is 0 Å². The van der Waals surface area contributed by atoms with Crippen molar-refractivity contribution in [3.05, 3.63) is 217 Å². The molecule has 4 heteroatoms. The van der Waals surface area contributed by atoms with Gasteiger partial charge < -0.3 is 4.74 Å². The monoisotopic (exact) mass is 729 g/mol. The highest BCUT2D eigenvalue weighted by Crippen LogP contribution is 2.51. The van der Waals surface area contributed by atoms with Gasteiger partial charge in [-0.1, -0.05) is 170 Å². The fourth-order valence-electron chi connectivity index (χ4n) is 8.55. The van der Waals surface area contributed by atoms with Gasteiger partial charge in [-0.05, 0) is 85.3 Å². The highest BCUT2D eigenvalue weighted by Gasteiger charge is 2.39. The van der Waals surface area contributed by atoms with Crippen molar-refractivity contribution in [1.82, 2.24) is 15.0 Å². The Kier molecular flexibility index (Phi) is 7.92. The molecule has 2 unspecified atom stereocenters. The number of nitrogens with zero attached hydrogens (tertiary/aromatic N) is 3. The second-order valence-corrected chi connectivity index (χ2v) is 14.7. The minimum Gasteiger partial charge on any atom is -0.485 e. The molecule has 57 heavy (non-hydrogen) atoms. The van der Waals surface area contributed by atoms with E-state index in [1.165, 1.54) is 49.4 Å². The maximum Gasteiger partial charge on any atom is 0.164 e. The first-order valence-electron chi connectivity index (χ1n) is 19.4. The Morgan fingerprint density at radius 2 is 0.982 bits per heavy atom. The van der Waals surface area contributed by atoms with Crippen LogP contribution in [0.3, 0.4) is 0 Å². The Balaban J connectivity index is 1.04. The minimum atomic E-state index is -0.110. The average Bonchev–Trinajstić information content (AvgIpc) is 3.67. The third-order valence-electron chi connectivity index (χ3n) is 11.3. The minimum absolute atomic E-state index is 0.0736. The molecule has 1 aliphatic carbocycles. The summed E-state index contributed by atoms with van der Waals surface area (Å²) in [6.45, 7) is 0. The largest absolute Gasteiger partial charge is 0.485 e. The summed E-state index contributed by atoms with van der Waals surface area (Å²) in [5.41, 5.74) is 11.1. The average molecular weight is 730 g/mol. The van der Waals surface area contributed by atoms with Crippen LogP contribution < -0.4 is 4.74 Å². The van der Waals surface area contributed by atoms with Crippen molar-refractivity contribution >= 4 is 32.7 Å². The van der Waals surface area contributed by atoms with Gasteiger partial charge in [-0.2, -0.15) is 0 Å². The van der Waals surface area contributed by atoms with Crippen LogP contribution in [0, 0.1) is 0 Å². The molecule has 0 saturated carbocycles. The molecular formula is C53H35N3O. The molecule has 0 N–H and O–H groups in total. The van der Waals surface area contributed by atoms with E-state index >= 15 is 0 Å². The predicted octanol–water partition coefficient (Wildman–Crippen LogP) is 12.9. The number of hydrogen-bond donors (Lipinski definition) is 0. The molecule has 0 spiro atoms. The van der Waals surface area contributed by atoms with Gasteiger partial charge in [-0.25, -0.2) is 15.0 Å². The van der Waals surface area contributed by atoms with Gasteiger partial charge in [0.2, 0.25) is 0 Å². The van der Waals surface area contributed by atoms with Crippen LogP contribution in [-0.2, 0) is 0 Å². The maximum absolute atomic E-state index is 6.70. The molecule has 2 atom stereocenters. The number of para-hydroxylation sites is 1. The van der Waals surface area contributed by atoms with Gasteiger partial charge in [-0.3, -0.25) is 0 Å². The van der Waals surface area contributed by atoms with Gasteiger partial charge in [0.05, 0.1) is 5.92 Å². The standard InChI is InChI=1S/C53H35N3O/c1-3-15-35(16-4-1)51-54-52(36-17-5-2-6-18-36)56-53(55-51)40-21-13-20-39(31-40)42-28-29-45(44-23-10-9-22-43(42)44)47-32-41(38-27-26-34-14-7-8-19-37(34)30-38)33-49-50(47)46-24-11-12-25-48(46)57-49/h1-33,49-50H. The van der Waals surface area contributed by atoms with E-state index in [1.807, 2.05) is 60.7 Å². The van der Waals surface area contributed by atoms with Crippen LogP contribution in [0.25, 0.3) is 78.0 Å². The van der Waals surface area contributed by atoms with Gasteiger partial charge in [0.15, 0.2) is 17.5 Å². The van der Waals surface area contributed by atoms with Gasteiger partial charge in [0, 0.05) is 22.3 Å². The summed E-state index contributed by atoms with van der Waals surface area (Å²) in [6.07, 6.45) is 4.60. The molecule has 1 aromatic heterocycles. The van der Waals surface area contributed by atoms with Crippen LogP contribution in [0.4, 0.5) is 0 Å². The Morgan fingerprint density at radius 3 is 1.74 bits per heavy atom. The first kappa shape index (κ1) is 33.0. The third-order valence-corrected chi connectivity index (χ3v) is 11.3. The van der Waals surface area contributed by atoms with E-state index in [0.717, 1.165) is 33.6 Å². The van der Waals surface area contributed by atoms with Gasteiger partial charge in [-0.15, -0.1) is 0 Å². The summed E-state index contributed by atoms with van der Waals surface area (Å²) in [5, 5.41) is 4.85. The number of rotatable bonds is 6. The van der Waals surface area contributed by atoms with Gasteiger partial charge in [0.1, 0.15) is 11.9 Å². The summed E-state index contributed by atoms with van der Waals surface area (Å²) in [5.74, 6) is 2.96. The molecule has 0 bridgehead atoms. The number of fused-ring (bicyclic) bond motifs is 5. The van der Waals surface area contributed by atoms with Crippen LogP contribution in [-0.4, -0.2) is 21.1 Å². The molecule has 0 radical (unpaired) electrons. The summed E-state index contributed by atoms with van der Waals surface area (Å²) >= 11 is 0. The lowest BCUT2D eigenvalue weighted by Gasteiger charge is -2.27. The molecule has 1 aliphatic heterocycles. The lowest BCUT2D eigenvalue weighted by atomic mass is 9.77. The molecule has 4 nitrogen and oxygen atoms in total. The van der Waals surface area contributed by atoms with Crippen LogP contribution >= 0.6 is 0 Å². The van der Waals surface area contributed by atoms with Crippen molar-refractivity contribution < 1.29 is 4.74 Å². The van der Waals surface area contributed by atoms with Crippen molar-refractivity contribution in [2.24, 2.45) is 0 Å². The molecule has 0 fully saturated rings. The van der Waals surface area contributed by atoms with Crippen molar-refractivity contribution in [1.29, 1.82) is 0 Å². The summed E-state index contributed by atoms with van der Waals surface area (Å²) in [4.78, 5) is 15.0. The van der Waals surface area contributed by atoms with E-state index in [2.05, 4.69) is 140 Å². The second-order valence-electron chi connectivity index (χ2n) is 14.7. The Morgan fingerprint density at radius 1 is 0.404 bits per heavy atom. The normalized spacial score (nSPS) is 15.7. The molecule has 8 aromatic carbocycles. The van der Waals surface area contributed by atoms with E-state index in [-0.39, 0.29) is 12.0 Å². The van der Waals surface area contributed by atoms with Crippen LogP contribution in [0.5, 0.6) is 5.75 Å². The number of allylic oxidation sites excluding steroid dienone is 2. The van der Waals surface area contributed by atoms with Crippen LogP contribution in [0.2, 0.25) is 0 Å². The fraction of sp³-hybridized carbons (Fsp3) is 0.0377. The zero-order chi connectivity index (χ0) is 37.7. The molecule has 268 valence electrons. The molecular weight excluding hydrogens is 695 g/mol. The molecule has 0 saturated heterocycles. The summed E-state index contributed by atoms with van der Waals surface area (Å²) in [7, 11) is 0. The van der Waals surface area contributed by atoms with E-state index in [9.17, 15) is 0 Å². The Labute approximate surface area is 331 Å². The highest BCUT2D eigenvalue weighted by atomic mass is 16.5. The number of ether oxygens (including phenoxy) is 1. The third kappa shape index (κ3) is 5.90. The first-order chi connectivity index (χ1) is 28.2. The number of aromatic nitrogens is 3. The second kappa shape index (κ2) is 13.7. The first-order valence-corrected chi connectivity index (χ1v) is 19.4. The highest BCUT2D eigenvalue weighted by molar-refractivity contribution is 6.06. The number of benzene rings is 8. The zero-order valence-corrected chi connectivity index (χ0v) is 31.0. The maximum atomic E-state index is 6.70. The smallest absolute Gasteiger partial charge is 0.164 e. The lowest BCUT2D eigenvalue weighted by Crippen LogP contribution is -2.21. The van der Waals surface area contributed by atoms with E-state index in [1.54, 1.807) is 0 Å². The molecule has 0 amide bonds. The van der Waals surface area contributed by atoms with Crippen molar-refractivity contribution in [3.8, 4) is 51.0 Å². The molecule has 9 aromatic rings. The van der Waals surface area contributed by atoms with Crippen LogP contribution in [0.1, 0.15) is 22.6 Å². The molecule has 11 rings (SSSR count). The lowest BCUT2D eigenvalue weighted by molar-refractivity contribution is 0.272. The predicted molar refractivity (Wildman–Crippen MR) is 233 cm³/mol. The van der Waals surface area contributed by atoms with Gasteiger partial charge >= 0.3 is 0 Å². The van der Waals surface area contributed by atoms with E-state index in [4.69, 9.17) is 19.7 Å². The Hall–Kier alpha value is -7.43. The topological polar surface area (TPSA) is 47.9 Å². The quantitative estimate of drug-likeness (QED) is 0.171. The zero-order valence-electron chi connectivity index (χ0n) is 31.0. The van der Waals surface area contributed by atoms with E-state index in [0.29, 0.717) is 17.5 Å². The van der Waals surface area contributed by atoms with E-state index < -0.39 is 0 Å². The summed E-state index contributed by atoms with van der Waals surface area (Å²) in [6, 6.07) is 66.0. The number of hydrogen-bond acceptors (Lipinski definition) is 4. The van der Waals surface area contributed by atoms with Crippen LogP contribution in [0.15, 0.2) is 200 Å². The van der Waals surface area contributed by atoms with Crippen molar-refractivity contribution in [2.45, 2.75) is 12.0 Å². The fourth-order valence-corrected chi connectivity index (χ4v) is 8.55.